The molecule has 0 saturated heterocycles. The molecule has 0 fully saturated rings. The van der Waals surface area contributed by atoms with Gasteiger partial charge in [0.05, 0.1) is 0 Å². The third kappa shape index (κ3) is 6.69. The van der Waals surface area contributed by atoms with Gasteiger partial charge >= 0.3 is 0 Å². The molecule has 0 nitrogen and oxygen atoms in total. The van der Waals surface area contributed by atoms with E-state index in [-0.39, 0.29) is 0 Å². The van der Waals surface area contributed by atoms with Crippen molar-refractivity contribution < 1.29 is 0 Å². The molecular weight excluding hydrogens is 441 g/mol. The van der Waals surface area contributed by atoms with Crippen LogP contribution >= 0.6 is 69.6 Å². The van der Waals surface area contributed by atoms with Crippen LogP contribution in [0.4, 0.5) is 0 Å². The normalized spacial score (nSPS) is 12.4. The Bertz CT molecular complexity index is 625. The Morgan fingerprint density at radius 2 is 0.960 bits per heavy atom. The molecule has 0 bridgehead atoms. The zero-order valence-corrected chi connectivity index (χ0v) is 17.8. The summed E-state index contributed by atoms with van der Waals surface area (Å²) in [4.78, 5) is 0. The van der Waals surface area contributed by atoms with Crippen molar-refractivity contribution in [2.75, 3.05) is 0 Å². The zero-order chi connectivity index (χ0) is 18.5. The van der Waals surface area contributed by atoms with Crippen LogP contribution in [0.2, 0.25) is 0 Å². The van der Waals surface area contributed by atoms with Gasteiger partial charge in [-0.1, -0.05) is 118 Å². The van der Waals surface area contributed by atoms with E-state index >= 15 is 0 Å². The van der Waals surface area contributed by atoms with Gasteiger partial charge in [-0.15, -0.1) is 0 Å². The largest absolute Gasteiger partial charge is 0.216 e. The van der Waals surface area contributed by atoms with E-state index in [0.717, 1.165) is 47.9 Å². The van der Waals surface area contributed by atoms with Crippen LogP contribution in [0.15, 0.2) is 48.5 Å². The average Bonchev–Trinajstić information content (AvgIpc) is 2.53. The van der Waals surface area contributed by atoms with E-state index < -0.39 is 7.59 Å². The maximum atomic E-state index is 6.03. The van der Waals surface area contributed by atoms with Crippen LogP contribution in [0.1, 0.15) is 35.1 Å². The lowest BCUT2D eigenvalue weighted by Crippen LogP contribution is -2.06. The molecule has 135 valence electrons. The molecule has 0 aliphatic carbocycles. The summed E-state index contributed by atoms with van der Waals surface area (Å²) in [6.45, 7) is 0. The maximum absolute atomic E-state index is 6.03. The predicted octanol–water partition coefficient (Wildman–Crippen LogP) is 8.11. The Kier molecular flexibility index (Phi) is 8.08. The molecule has 0 heterocycles. The molecule has 2 rings (SSSR count). The van der Waals surface area contributed by atoms with Crippen LogP contribution in [-0.4, -0.2) is 0 Å². The number of rotatable bonds is 6. The first-order valence-electron chi connectivity index (χ1n) is 7.81. The summed E-state index contributed by atoms with van der Waals surface area (Å²) in [5.41, 5.74) is 3.55. The molecule has 0 atom stereocenters. The molecule has 2 aromatic carbocycles. The van der Waals surface area contributed by atoms with Gasteiger partial charge in [0.15, 0.2) is 0 Å². The number of hydrogen-bond acceptors (Lipinski definition) is 0. The van der Waals surface area contributed by atoms with Crippen molar-refractivity contribution in [3.8, 4) is 0 Å². The molecule has 25 heavy (non-hydrogen) atoms. The molecule has 0 spiro atoms. The third-order valence-corrected chi connectivity index (χ3v) is 5.10. The molecule has 0 amide bonds. The highest BCUT2D eigenvalue weighted by molar-refractivity contribution is 6.67. The predicted molar refractivity (Wildman–Crippen MR) is 112 cm³/mol. The molecule has 0 N–H and O–H groups in total. The average molecular weight is 458 g/mol. The first-order valence-corrected chi connectivity index (χ1v) is 10.1. The summed E-state index contributed by atoms with van der Waals surface area (Å²) in [5.74, 6) is 0. The topological polar surface area (TPSA) is 0 Å². The van der Waals surface area contributed by atoms with Gasteiger partial charge < -0.3 is 0 Å². The Morgan fingerprint density at radius 1 is 0.600 bits per heavy atom. The van der Waals surface area contributed by atoms with Gasteiger partial charge in [-0.25, -0.2) is 0 Å². The standard InChI is InChI=1S/C19H17Cl6/c20-18(21,22)16-12-6-4-10-14(16)8-2-1-3-9-15-11-5-7-13-17(15)19(23,24)25/h1,4-7,10-13H,2-3,8-9H2. The number of alkyl halides is 6. The molecule has 2 aromatic rings. The number of unbranched alkanes of at least 4 members (excludes halogenated alkanes) is 2. The number of halogens is 6. The maximum Gasteiger partial charge on any atom is 0.216 e. The Hall–Kier alpha value is 0.180. The lowest BCUT2D eigenvalue weighted by Gasteiger charge is -2.17. The van der Waals surface area contributed by atoms with Gasteiger partial charge in [-0.3, -0.25) is 0 Å². The summed E-state index contributed by atoms with van der Waals surface area (Å²) in [6.07, 6.45) is 5.61. The molecule has 0 aromatic heterocycles. The Morgan fingerprint density at radius 3 is 1.32 bits per heavy atom. The molecule has 1 radical (unpaired) electrons. The number of aryl methyl sites for hydroxylation is 2. The smallest absolute Gasteiger partial charge is 0.0784 e. The second-order valence-electron chi connectivity index (χ2n) is 5.68. The lowest BCUT2D eigenvalue weighted by molar-refractivity contribution is 0.817. The quantitative estimate of drug-likeness (QED) is 0.303. The summed E-state index contributed by atoms with van der Waals surface area (Å²) in [5, 5.41) is 0. The van der Waals surface area contributed by atoms with E-state index in [4.69, 9.17) is 69.6 Å². The van der Waals surface area contributed by atoms with Crippen molar-refractivity contribution in [1.82, 2.24) is 0 Å². The molecule has 6 heteroatoms. The highest BCUT2D eigenvalue weighted by Gasteiger charge is 2.26. The Balaban J connectivity index is 1.88. The van der Waals surface area contributed by atoms with E-state index in [1.165, 1.54) is 0 Å². The third-order valence-electron chi connectivity index (χ3n) is 3.88. The summed E-state index contributed by atoms with van der Waals surface area (Å²) < 4.78 is -2.81. The van der Waals surface area contributed by atoms with E-state index in [1.807, 2.05) is 48.5 Å². The fraction of sp³-hybridized carbons (Fsp3) is 0.316. The summed E-state index contributed by atoms with van der Waals surface area (Å²) >= 11 is 36.2. The number of benzene rings is 2. The zero-order valence-electron chi connectivity index (χ0n) is 13.3. The van der Waals surface area contributed by atoms with Crippen molar-refractivity contribution in [3.63, 3.8) is 0 Å². The van der Waals surface area contributed by atoms with Crippen LogP contribution in [-0.2, 0) is 20.4 Å². The molecular formula is C19H17Cl6. The van der Waals surface area contributed by atoms with Crippen molar-refractivity contribution in [2.24, 2.45) is 0 Å². The summed E-state index contributed by atoms with van der Waals surface area (Å²) in [6, 6.07) is 15.3. The van der Waals surface area contributed by atoms with Crippen LogP contribution in [0, 0.1) is 6.42 Å². The van der Waals surface area contributed by atoms with Crippen LogP contribution in [0.25, 0.3) is 0 Å². The van der Waals surface area contributed by atoms with Gasteiger partial charge in [0.25, 0.3) is 0 Å². The monoisotopic (exact) mass is 455 g/mol. The second-order valence-corrected chi connectivity index (χ2v) is 10.2. The van der Waals surface area contributed by atoms with Gasteiger partial charge in [0.1, 0.15) is 0 Å². The fourth-order valence-electron chi connectivity index (χ4n) is 2.69. The molecule has 0 saturated carbocycles. The highest BCUT2D eigenvalue weighted by atomic mass is 35.6. The highest BCUT2D eigenvalue weighted by Crippen LogP contribution is 2.41. The molecule has 0 aliphatic heterocycles. The van der Waals surface area contributed by atoms with Gasteiger partial charge in [0.2, 0.25) is 7.59 Å². The number of hydrogen-bond donors (Lipinski definition) is 0. The van der Waals surface area contributed by atoms with E-state index in [9.17, 15) is 0 Å². The summed E-state index contributed by atoms with van der Waals surface area (Å²) in [7, 11) is 0. The van der Waals surface area contributed by atoms with Gasteiger partial charge in [0, 0.05) is 11.1 Å². The minimum atomic E-state index is -1.40. The molecule has 0 unspecified atom stereocenters. The first kappa shape index (κ1) is 21.5. The van der Waals surface area contributed by atoms with Gasteiger partial charge in [-0.05, 0) is 43.2 Å². The second kappa shape index (κ2) is 9.40. The van der Waals surface area contributed by atoms with Crippen molar-refractivity contribution in [3.05, 3.63) is 77.2 Å². The molecule has 0 aliphatic rings. The van der Waals surface area contributed by atoms with Crippen LogP contribution in [0.5, 0.6) is 0 Å². The van der Waals surface area contributed by atoms with E-state index in [0.29, 0.717) is 0 Å². The lowest BCUT2D eigenvalue weighted by atomic mass is 9.99. The minimum absolute atomic E-state index is 0.731. The van der Waals surface area contributed by atoms with Crippen molar-refractivity contribution in [2.45, 2.75) is 33.3 Å². The van der Waals surface area contributed by atoms with E-state index in [1.54, 1.807) is 0 Å². The van der Waals surface area contributed by atoms with Crippen molar-refractivity contribution >= 4 is 69.6 Å². The Labute approximate surface area is 179 Å². The minimum Gasteiger partial charge on any atom is -0.0784 e. The fourth-order valence-corrected chi connectivity index (χ4v) is 3.80. The van der Waals surface area contributed by atoms with E-state index in [2.05, 4.69) is 6.42 Å². The van der Waals surface area contributed by atoms with Crippen molar-refractivity contribution in [1.29, 1.82) is 0 Å². The van der Waals surface area contributed by atoms with Crippen LogP contribution in [0.3, 0.4) is 0 Å². The first-order chi connectivity index (χ1) is 11.7. The SMILES string of the molecule is ClC(Cl)(Cl)c1ccccc1CC[CH]CCc1ccccc1C(Cl)(Cl)Cl. The van der Waals surface area contributed by atoms with Gasteiger partial charge in [-0.2, -0.15) is 0 Å². The van der Waals surface area contributed by atoms with Crippen LogP contribution < -0.4 is 0 Å².